The van der Waals surface area contributed by atoms with Crippen LogP contribution in [0.3, 0.4) is 0 Å². The van der Waals surface area contributed by atoms with E-state index in [1.807, 2.05) is 32.5 Å². The molecule has 1 rings (SSSR count). The Hall–Kier alpha value is -0.260. The fourth-order valence-corrected chi connectivity index (χ4v) is 2.92. The molecule has 106 valence electrons. The SMILES string of the molecule is CSC1(CN)CCN(CC(=O)OC(C)(C)C)CC1. The van der Waals surface area contributed by atoms with Crippen LogP contribution in [0.5, 0.6) is 0 Å². The van der Waals surface area contributed by atoms with Gasteiger partial charge in [-0.05, 0) is 39.9 Å². The van der Waals surface area contributed by atoms with Crippen LogP contribution in [0, 0.1) is 0 Å². The number of hydrogen-bond donors (Lipinski definition) is 1. The zero-order valence-electron chi connectivity index (χ0n) is 12.0. The zero-order chi connectivity index (χ0) is 13.8. The van der Waals surface area contributed by atoms with Crippen molar-refractivity contribution in [2.45, 2.75) is 44.0 Å². The van der Waals surface area contributed by atoms with Gasteiger partial charge < -0.3 is 10.5 Å². The maximum absolute atomic E-state index is 11.7. The molecule has 1 heterocycles. The van der Waals surface area contributed by atoms with Crippen molar-refractivity contribution in [1.82, 2.24) is 4.90 Å². The van der Waals surface area contributed by atoms with Gasteiger partial charge in [0, 0.05) is 24.4 Å². The maximum atomic E-state index is 11.7. The zero-order valence-corrected chi connectivity index (χ0v) is 12.8. The van der Waals surface area contributed by atoms with Crippen molar-refractivity contribution >= 4 is 17.7 Å². The fourth-order valence-electron chi connectivity index (χ4n) is 2.17. The van der Waals surface area contributed by atoms with Gasteiger partial charge in [-0.15, -0.1) is 0 Å². The Kier molecular flexibility index (Phi) is 5.49. The molecule has 1 fully saturated rings. The average molecular weight is 274 g/mol. The number of nitrogens with two attached hydrogens (primary N) is 1. The summed E-state index contributed by atoms with van der Waals surface area (Å²) in [5.41, 5.74) is 5.45. The first-order chi connectivity index (χ1) is 8.30. The van der Waals surface area contributed by atoms with Gasteiger partial charge in [0.25, 0.3) is 0 Å². The van der Waals surface area contributed by atoms with Gasteiger partial charge in [-0.2, -0.15) is 11.8 Å². The topological polar surface area (TPSA) is 55.6 Å². The van der Waals surface area contributed by atoms with E-state index in [4.69, 9.17) is 10.5 Å². The molecule has 0 bridgehead atoms. The summed E-state index contributed by atoms with van der Waals surface area (Å²) in [4.78, 5) is 13.9. The van der Waals surface area contributed by atoms with Gasteiger partial charge in [0.15, 0.2) is 0 Å². The molecule has 5 heteroatoms. The third-order valence-corrected chi connectivity index (χ3v) is 4.79. The molecule has 0 atom stereocenters. The van der Waals surface area contributed by atoms with Crippen molar-refractivity contribution < 1.29 is 9.53 Å². The standard InChI is InChI=1S/C13H26N2O2S/c1-12(2,3)17-11(16)9-15-7-5-13(10-14,18-4)6-8-15/h5-10,14H2,1-4H3. The second-order valence-electron chi connectivity index (χ2n) is 5.95. The molecule has 2 N–H and O–H groups in total. The molecule has 0 aromatic heterocycles. The molecule has 0 radical (unpaired) electrons. The smallest absolute Gasteiger partial charge is 0.320 e. The quantitative estimate of drug-likeness (QED) is 0.787. The summed E-state index contributed by atoms with van der Waals surface area (Å²) in [5.74, 6) is -0.132. The average Bonchev–Trinajstić information content (AvgIpc) is 2.28. The molecular formula is C13H26N2O2S. The Labute approximate surface area is 115 Å². The third kappa shape index (κ3) is 4.78. The van der Waals surface area contributed by atoms with E-state index in [1.54, 1.807) is 0 Å². The Bertz CT molecular complexity index is 275. The van der Waals surface area contributed by atoms with E-state index in [2.05, 4.69) is 11.2 Å². The Morgan fingerprint density at radius 2 is 1.94 bits per heavy atom. The van der Waals surface area contributed by atoms with Crippen LogP contribution >= 0.6 is 11.8 Å². The van der Waals surface area contributed by atoms with E-state index < -0.39 is 5.60 Å². The minimum Gasteiger partial charge on any atom is -0.459 e. The highest BCUT2D eigenvalue weighted by molar-refractivity contribution is 8.00. The molecule has 1 aliphatic heterocycles. The third-order valence-electron chi connectivity index (χ3n) is 3.35. The fraction of sp³-hybridized carbons (Fsp3) is 0.923. The molecule has 0 amide bonds. The molecular weight excluding hydrogens is 248 g/mol. The number of carbonyl (C=O) groups excluding carboxylic acids is 1. The van der Waals surface area contributed by atoms with Gasteiger partial charge in [-0.1, -0.05) is 0 Å². The molecule has 0 unspecified atom stereocenters. The van der Waals surface area contributed by atoms with Crippen LogP contribution in [-0.4, -0.2) is 53.7 Å². The van der Waals surface area contributed by atoms with E-state index in [0.29, 0.717) is 13.1 Å². The number of carbonyl (C=O) groups is 1. The van der Waals surface area contributed by atoms with Crippen LogP contribution in [0.2, 0.25) is 0 Å². The van der Waals surface area contributed by atoms with Gasteiger partial charge in [0.1, 0.15) is 5.60 Å². The molecule has 0 aromatic rings. The summed E-state index contributed by atoms with van der Waals surface area (Å²) in [5, 5.41) is 0. The predicted octanol–water partition coefficient (Wildman–Crippen LogP) is 1.48. The summed E-state index contributed by atoms with van der Waals surface area (Å²) >= 11 is 1.86. The van der Waals surface area contributed by atoms with Gasteiger partial charge in [-0.25, -0.2) is 0 Å². The van der Waals surface area contributed by atoms with Gasteiger partial charge in [0.05, 0.1) is 6.54 Å². The first kappa shape index (κ1) is 15.8. The highest BCUT2D eigenvalue weighted by Gasteiger charge is 2.33. The van der Waals surface area contributed by atoms with Crippen molar-refractivity contribution in [2.75, 3.05) is 32.4 Å². The summed E-state index contributed by atoms with van der Waals surface area (Å²) < 4.78 is 5.55. The molecule has 0 aliphatic carbocycles. The molecule has 1 aliphatic rings. The molecule has 0 saturated carbocycles. The van der Waals surface area contributed by atoms with Gasteiger partial charge in [0.2, 0.25) is 0 Å². The van der Waals surface area contributed by atoms with Crippen molar-refractivity contribution in [3.63, 3.8) is 0 Å². The highest BCUT2D eigenvalue weighted by Crippen LogP contribution is 2.33. The maximum Gasteiger partial charge on any atom is 0.320 e. The Balaban J connectivity index is 2.38. The predicted molar refractivity (Wildman–Crippen MR) is 76.8 cm³/mol. The Morgan fingerprint density at radius 1 is 1.39 bits per heavy atom. The first-order valence-corrected chi connectivity index (χ1v) is 7.72. The molecule has 1 saturated heterocycles. The van der Waals surface area contributed by atoms with Crippen LogP contribution in [0.4, 0.5) is 0 Å². The van der Waals surface area contributed by atoms with E-state index in [9.17, 15) is 4.79 Å². The van der Waals surface area contributed by atoms with Crippen LogP contribution < -0.4 is 5.73 Å². The Morgan fingerprint density at radius 3 is 2.33 bits per heavy atom. The molecule has 0 aromatic carbocycles. The van der Waals surface area contributed by atoms with Crippen LogP contribution in [0.25, 0.3) is 0 Å². The normalized spacial score (nSPS) is 20.7. The second kappa shape index (κ2) is 6.26. The number of esters is 1. The first-order valence-electron chi connectivity index (χ1n) is 6.50. The van der Waals surface area contributed by atoms with Crippen molar-refractivity contribution in [2.24, 2.45) is 5.73 Å². The number of hydrogen-bond acceptors (Lipinski definition) is 5. The largest absolute Gasteiger partial charge is 0.459 e. The monoisotopic (exact) mass is 274 g/mol. The lowest BCUT2D eigenvalue weighted by Crippen LogP contribution is -2.48. The lowest BCUT2D eigenvalue weighted by molar-refractivity contribution is -0.156. The van der Waals surface area contributed by atoms with Gasteiger partial charge in [-0.3, -0.25) is 9.69 Å². The van der Waals surface area contributed by atoms with Crippen LogP contribution in [-0.2, 0) is 9.53 Å². The van der Waals surface area contributed by atoms with E-state index in [-0.39, 0.29) is 10.7 Å². The highest BCUT2D eigenvalue weighted by atomic mass is 32.2. The number of thioether (sulfide) groups is 1. The van der Waals surface area contributed by atoms with Crippen molar-refractivity contribution in [1.29, 1.82) is 0 Å². The second-order valence-corrected chi connectivity index (χ2v) is 7.23. The summed E-state index contributed by atoms with van der Waals surface area (Å²) in [7, 11) is 0. The van der Waals surface area contributed by atoms with Crippen molar-refractivity contribution in [3.8, 4) is 0 Å². The van der Waals surface area contributed by atoms with E-state index in [0.717, 1.165) is 25.9 Å². The summed E-state index contributed by atoms with van der Waals surface area (Å²) in [6.07, 6.45) is 4.22. The number of likely N-dealkylation sites (tertiary alicyclic amines) is 1. The molecule has 0 spiro atoms. The number of rotatable bonds is 4. The molecule has 4 nitrogen and oxygen atoms in total. The molecule has 18 heavy (non-hydrogen) atoms. The summed E-state index contributed by atoms with van der Waals surface area (Å²) in [6.45, 7) is 8.66. The lowest BCUT2D eigenvalue weighted by atomic mass is 9.96. The number of ether oxygens (including phenoxy) is 1. The van der Waals surface area contributed by atoms with Gasteiger partial charge >= 0.3 is 5.97 Å². The van der Waals surface area contributed by atoms with E-state index in [1.165, 1.54) is 0 Å². The lowest BCUT2D eigenvalue weighted by Gasteiger charge is -2.39. The van der Waals surface area contributed by atoms with Crippen LogP contribution in [0.1, 0.15) is 33.6 Å². The van der Waals surface area contributed by atoms with Crippen molar-refractivity contribution in [3.05, 3.63) is 0 Å². The number of nitrogens with zero attached hydrogens (tertiary/aromatic N) is 1. The minimum atomic E-state index is -0.396. The number of piperidine rings is 1. The minimum absolute atomic E-state index is 0.132. The van der Waals surface area contributed by atoms with E-state index >= 15 is 0 Å². The van der Waals surface area contributed by atoms with Crippen LogP contribution in [0.15, 0.2) is 0 Å². The summed E-state index contributed by atoms with van der Waals surface area (Å²) in [6, 6.07) is 0.